The van der Waals surface area contributed by atoms with Gasteiger partial charge in [0.2, 0.25) is 5.95 Å². The highest BCUT2D eigenvalue weighted by Crippen LogP contribution is 2.38. The lowest BCUT2D eigenvalue weighted by Crippen LogP contribution is -2.57. The summed E-state index contributed by atoms with van der Waals surface area (Å²) in [6.07, 6.45) is 1.13. The molecule has 2 aliphatic rings. The van der Waals surface area contributed by atoms with Gasteiger partial charge in [-0.05, 0) is 41.3 Å². The van der Waals surface area contributed by atoms with E-state index in [-0.39, 0.29) is 11.9 Å². The maximum atomic E-state index is 13.0. The standard InChI is InChI=1S/C19H25N7O2/c1-14(2)13-25-18(28)23(3)16(27)19(25)9-11-24(12-10-19)17-20-21-22-26(17)15-7-5-4-6-8-15/h4-8,14H,9-13H2,1-3H3. The number of nitrogens with zero attached hydrogens (tertiary/aromatic N) is 7. The van der Waals surface area contributed by atoms with Gasteiger partial charge in [-0.15, -0.1) is 0 Å². The first-order valence-corrected chi connectivity index (χ1v) is 9.62. The zero-order valence-corrected chi connectivity index (χ0v) is 16.4. The molecule has 2 aromatic rings. The molecule has 1 aromatic heterocycles. The van der Waals surface area contributed by atoms with Crippen LogP contribution in [0.5, 0.6) is 0 Å². The van der Waals surface area contributed by atoms with E-state index >= 15 is 0 Å². The van der Waals surface area contributed by atoms with Crippen molar-refractivity contribution in [3.05, 3.63) is 30.3 Å². The van der Waals surface area contributed by atoms with E-state index in [9.17, 15) is 9.59 Å². The van der Waals surface area contributed by atoms with Gasteiger partial charge in [0.05, 0.1) is 5.69 Å². The van der Waals surface area contributed by atoms with E-state index in [0.717, 1.165) is 5.69 Å². The Kier molecular flexibility index (Phi) is 4.52. The number of imide groups is 1. The Morgan fingerprint density at radius 2 is 1.79 bits per heavy atom. The maximum absolute atomic E-state index is 13.0. The number of amides is 3. The van der Waals surface area contributed by atoms with Gasteiger partial charge in [-0.25, -0.2) is 4.79 Å². The average Bonchev–Trinajstić information content (AvgIpc) is 3.25. The summed E-state index contributed by atoms with van der Waals surface area (Å²) >= 11 is 0. The Labute approximate surface area is 163 Å². The molecule has 0 aliphatic carbocycles. The fraction of sp³-hybridized carbons (Fsp3) is 0.526. The van der Waals surface area contributed by atoms with Gasteiger partial charge in [-0.2, -0.15) is 4.68 Å². The lowest BCUT2D eigenvalue weighted by atomic mass is 9.85. The lowest BCUT2D eigenvalue weighted by molar-refractivity contribution is -0.133. The van der Waals surface area contributed by atoms with Crippen LogP contribution in [0.1, 0.15) is 26.7 Å². The molecule has 148 valence electrons. The smallest absolute Gasteiger partial charge is 0.327 e. The number of rotatable bonds is 4. The lowest BCUT2D eigenvalue weighted by Gasteiger charge is -2.42. The first-order valence-electron chi connectivity index (χ1n) is 9.62. The Morgan fingerprint density at radius 3 is 2.43 bits per heavy atom. The molecule has 9 nitrogen and oxygen atoms in total. The number of aromatic nitrogens is 4. The first-order chi connectivity index (χ1) is 13.4. The number of hydrogen-bond acceptors (Lipinski definition) is 6. The Hall–Kier alpha value is -2.97. The molecule has 0 bridgehead atoms. The normalized spacial score (nSPS) is 19.4. The molecule has 2 saturated heterocycles. The Bertz CT molecular complexity index is 871. The molecule has 0 unspecified atom stereocenters. The zero-order valence-electron chi connectivity index (χ0n) is 16.4. The average molecular weight is 383 g/mol. The summed E-state index contributed by atoms with van der Waals surface area (Å²) in [5.41, 5.74) is 0.133. The molecule has 3 heterocycles. The minimum Gasteiger partial charge on any atom is -0.339 e. The van der Waals surface area contributed by atoms with Crippen LogP contribution in [0.15, 0.2) is 30.3 Å². The van der Waals surface area contributed by atoms with Crippen LogP contribution >= 0.6 is 0 Å². The second kappa shape index (κ2) is 6.88. The predicted molar refractivity (Wildman–Crippen MR) is 103 cm³/mol. The highest BCUT2D eigenvalue weighted by molar-refractivity contribution is 6.06. The number of piperidine rings is 1. The molecule has 1 spiro atoms. The molecule has 4 rings (SSSR count). The van der Waals surface area contributed by atoms with Gasteiger partial charge in [0.15, 0.2) is 0 Å². The van der Waals surface area contributed by atoms with E-state index in [2.05, 4.69) is 34.3 Å². The Balaban J connectivity index is 1.57. The second-order valence-corrected chi connectivity index (χ2v) is 7.90. The van der Waals surface area contributed by atoms with E-state index in [1.807, 2.05) is 30.3 Å². The summed E-state index contributed by atoms with van der Waals surface area (Å²) in [5.74, 6) is 0.852. The van der Waals surface area contributed by atoms with Crippen molar-refractivity contribution in [2.45, 2.75) is 32.2 Å². The number of carbonyl (C=O) groups is 2. The summed E-state index contributed by atoms with van der Waals surface area (Å²) in [4.78, 5) is 30.8. The van der Waals surface area contributed by atoms with Crippen molar-refractivity contribution < 1.29 is 9.59 Å². The number of para-hydroxylation sites is 1. The molecule has 9 heteroatoms. The topological polar surface area (TPSA) is 87.5 Å². The molecule has 3 amide bonds. The molecule has 0 radical (unpaired) electrons. The molecular formula is C19H25N7O2. The van der Waals surface area contributed by atoms with E-state index < -0.39 is 5.54 Å². The third-order valence-corrected chi connectivity index (χ3v) is 5.61. The third-order valence-electron chi connectivity index (χ3n) is 5.61. The molecule has 0 atom stereocenters. The van der Waals surface area contributed by atoms with Crippen molar-refractivity contribution in [2.75, 3.05) is 31.6 Å². The van der Waals surface area contributed by atoms with Gasteiger partial charge in [-0.1, -0.05) is 37.1 Å². The van der Waals surface area contributed by atoms with Crippen LogP contribution < -0.4 is 4.90 Å². The van der Waals surface area contributed by atoms with Crippen molar-refractivity contribution in [1.29, 1.82) is 0 Å². The number of urea groups is 1. The highest BCUT2D eigenvalue weighted by atomic mass is 16.2. The van der Waals surface area contributed by atoms with Crippen LogP contribution in [0, 0.1) is 5.92 Å². The van der Waals surface area contributed by atoms with E-state index in [1.165, 1.54) is 4.90 Å². The minimum absolute atomic E-state index is 0.0968. The largest absolute Gasteiger partial charge is 0.339 e. The van der Waals surface area contributed by atoms with E-state index in [4.69, 9.17) is 0 Å². The minimum atomic E-state index is -0.752. The summed E-state index contributed by atoms with van der Waals surface area (Å²) < 4.78 is 1.71. The quantitative estimate of drug-likeness (QED) is 0.745. The second-order valence-electron chi connectivity index (χ2n) is 7.90. The summed E-state index contributed by atoms with van der Waals surface area (Å²) in [5, 5.41) is 12.2. The van der Waals surface area contributed by atoms with Crippen molar-refractivity contribution in [2.24, 2.45) is 5.92 Å². The van der Waals surface area contributed by atoms with Gasteiger partial charge in [0.25, 0.3) is 5.91 Å². The third kappa shape index (κ3) is 2.81. The van der Waals surface area contributed by atoms with Crippen molar-refractivity contribution in [3.8, 4) is 5.69 Å². The van der Waals surface area contributed by atoms with Crippen LogP contribution in [-0.4, -0.2) is 74.2 Å². The summed E-state index contributed by atoms with van der Waals surface area (Å²) in [6.45, 7) is 5.92. The predicted octanol–water partition coefficient (Wildman–Crippen LogP) is 1.55. The van der Waals surface area contributed by atoms with Gasteiger partial charge in [-0.3, -0.25) is 9.69 Å². The van der Waals surface area contributed by atoms with Crippen molar-refractivity contribution in [1.82, 2.24) is 30.0 Å². The fourth-order valence-corrected chi connectivity index (χ4v) is 4.17. The molecule has 1 aromatic carbocycles. The van der Waals surface area contributed by atoms with Gasteiger partial charge >= 0.3 is 6.03 Å². The van der Waals surface area contributed by atoms with Crippen LogP contribution in [0.25, 0.3) is 5.69 Å². The number of hydrogen-bond donors (Lipinski definition) is 0. The Morgan fingerprint density at radius 1 is 1.11 bits per heavy atom. The van der Waals surface area contributed by atoms with Crippen LogP contribution in [0.2, 0.25) is 0 Å². The number of likely N-dealkylation sites (N-methyl/N-ethyl adjacent to an activating group) is 1. The van der Waals surface area contributed by atoms with E-state index in [0.29, 0.717) is 44.3 Å². The monoisotopic (exact) mass is 383 g/mol. The van der Waals surface area contributed by atoms with Crippen molar-refractivity contribution in [3.63, 3.8) is 0 Å². The molecular weight excluding hydrogens is 358 g/mol. The molecule has 28 heavy (non-hydrogen) atoms. The van der Waals surface area contributed by atoms with Crippen LogP contribution in [-0.2, 0) is 4.79 Å². The number of anilines is 1. The summed E-state index contributed by atoms with van der Waals surface area (Å²) in [6, 6.07) is 9.53. The molecule has 0 saturated carbocycles. The van der Waals surface area contributed by atoms with Gasteiger partial charge in [0.1, 0.15) is 5.54 Å². The zero-order chi connectivity index (χ0) is 19.9. The molecule has 0 N–H and O–H groups in total. The van der Waals surface area contributed by atoms with Gasteiger partial charge < -0.3 is 9.80 Å². The van der Waals surface area contributed by atoms with Crippen LogP contribution in [0.3, 0.4) is 0 Å². The molecule has 2 fully saturated rings. The summed E-state index contributed by atoms with van der Waals surface area (Å²) in [7, 11) is 1.58. The first kappa shape index (κ1) is 18.4. The number of carbonyl (C=O) groups excluding carboxylic acids is 2. The van der Waals surface area contributed by atoms with E-state index in [1.54, 1.807) is 16.6 Å². The number of tetrazole rings is 1. The number of benzene rings is 1. The van der Waals surface area contributed by atoms with Gasteiger partial charge in [0, 0.05) is 26.7 Å². The highest BCUT2D eigenvalue weighted by Gasteiger charge is 2.57. The van der Waals surface area contributed by atoms with Crippen LogP contribution in [0.4, 0.5) is 10.7 Å². The fourth-order valence-electron chi connectivity index (χ4n) is 4.17. The maximum Gasteiger partial charge on any atom is 0.327 e. The van der Waals surface area contributed by atoms with Crippen molar-refractivity contribution >= 4 is 17.9 Å². The SMILES string of the molecule is CC(C)CN1C(=O)N(C)C(=O)C12CCN(c1nnnn1-c1ccccc1)CC2. The molecule has 2 aliphatic heterocycles.